The third-order valence-corrected chi connectivity index (χ3v) is 3.22. The minimum absolute atomic E-state index is 0.178. The predicted octanol–water partition coefficient (Wildman–Crippen LogP) is 2.02. The van der Waals surface area contributed by atoms with E-state index in [0.717, 1.165) is 17.2 Å². The van der Waals surface area contributed by atoms with E-state index < -0.39 is 0 Å². The highest BCUT2D eigenvalue weighted by molar-refractivity contribution is 7.09. The molecule has 0 radical (unpaired) electrons. The zero-order valence-corrected chi connectivity index (χ0v) is 10.2. The van der Waals surface area contributed by atoms with E-state index in [1.165, 1.54) is 0 Å². The Morgan fingerprint density at radius 3 is 2.94 bits per heavy atom. The van der Waals surface area contributed by atoms with Gasteiger partial charge in [0.15, 0.2) is 5.82 Å². The van der Waals surface area contributed by atoms with Gasteiger partial charge in [-0.1, -0.05) is 6.92 Å². The molecule has 0 bridgehead atoms. The van der Waals surface area contributed by atoms with Crippen molar-refractivity contribution in [3.63, 3.8) is 0 Å². The fourth-order valence-corrected chi connectivity index (χ4v) is 2.30. The number of aromatic nitrogens is 3. The lowest BCUT2D eigenvalue weighted by atomic mass is 10.2. The van der Waals surface area contributed by atoms with Gasteiger partial charge in [-0.3, -0.25) is 4.68 Å². The predicted molar refractivity (Wildman–Crippen MR) is 66.4 cm³/mol. The van der Waals surface area contributed by atoms with Gasteiger partial charge in [0, 0.05) is 24.8 Å². The average Bonchev–Trinajstić information content (AvgIpc) is 2.85. The van der Waals surface area contributed by atoms with Crippen LogP contribution in [0.1, 0.15) is 24.4 Å². The largest absolute Gasteiger partial charge is 0.394 e. The van der Waals surface area contributed by atoms with Crippen LogP contribution in [0.15, 0.2) is 17.8 Å². The number of thiazole rings is 1. The van der Waals surface area contributed by atoms with Gasteiger partial charge in [0.25, 0.3) is 0 Å². The minimum atomic E-state index is 0.178. The van der Waals surface area contributed by atoms with Crippen molar-refractivity contribution in [2.24, 2.45) is 7.05 Å². The lowest BCUT2D eigenvalue weighted by molar-refractivity contribution is 0.720. The zero-order chi connectivity index (χ0) is 11.5. The Balaban J connectivity index is 2.16. The molecule has 0 spiro atoms. The summed E-state index contributed by atoms with van der Waals surface area (Å²) in [5, 5.41) is 10.6. The topological polar surface area (TPSA) is 68.8 Å². The summed E-state index contributed by atoms with van der Waals surface area (Å²) < 4.78 is 1.70. The van der Waals surface area contributed by atoms with Crippen LogP contribution in [0.2, 0.25) is 0 Å². The molecule has 0 amide bonds. The Labute approximate surface area is 98.3 Å². The Morgan fingerprint density at radius 2 is 2.44 bits per heavy atom. The molecule has 6 heteroatoms. The molecule has 0 aliphatic heterocycles. The van der Waals surface area contributed by atoms with E-state index in [4.69, 9.17) is 5.73 Å². The Bertz CT molecular complexity index is 448. The monoisotopic (exact) mass is 237 g/mol. The van der Waals surface area contributed by atoms with Crippen molar-refractivity contribution in [1.82, 2.24) is 14.8 Å². The molecule has 2 rings (SSSR count). The minimum Gasteiger partial charge on any atom is -0.394 e. The number of nitrogen functional groups attached to an aromatic ring is 1. The standard InChI is InChI=1S/C10H15N5S/c1-3-8(10-12-4-5-16-10)13-9-7(11)6-15(2)14-9/h4-6,8H,3,11H2,1-2H3,(H,13,14). The van der Waals surface area contributed by atoms with Crippen LogP contribution < -0.4 is 11.1 Å². The van der Waals surface area contributed by atoms with Gasteiger partial charge >= 0.3 is 0 Å². The van der Waals surface area contributed by atoms with Gasteiger partial charge in [-0.05, 0) is 6.42 Å². The molecule has 3 N–H and O–H groups in total. The first kappa shape index (κ1) is 10.9. The first-order valence-electron chi connectivity index (χ1n) is 5.15. The van der Waals surface area contributed by atoms with Gasteiger partial charge in [0.1, 0.15) is 5.01 Å². The summed E-state index contributed by atoms with van der Waals surface area (Å²) in [5.74, 6) is 0.726. The molecule has 0 aliphatic rings. The Hall–Kier alpha value is -1.56. The second kappa shape index (κ2) is 4.52. The molecule has 1 unspecified atom stereocenters. The van der Waals surface area contributed by atoms with Crippen LogP contribution in [0.4, 0.5) is 11.5 Å². The summed E-state index contributed by atoms with van der Waals surface area (Å²) >= 11 is 1.64. The molecule has 0 fully saturated rings. The molecule has 5 nitrogen and oxygen atoms in total. The first-order valence-corrected chi connectivity index (χ1v) is 6.03. The number of hydrogen-bond acceptors (Lipinski definition) is 5. The third-order valence-electron chi connectivity index (χ3n) is 2.33. The number of nitrogens with two attached hydrogens (primary N) is 1. The maximum atomic E-state index is 5.83. The van der Waals surface area contributed by atoms with E-state index in [-0.39, 0.29) is 6.04 Å². The molecular weight excluding hydrogens is 222 g/mol. The van der Waals surface area contributed by atoms with Crippen LogP contribution >= 0.6 is 11.3 Å². The Kier molecular flexibility index (Phi) is 3.09. The van der Waals surface area contributed by atoms with Crippen molar-refractivity contribution in [3.05, 3.63) is 22.8 Å². The maximum absolute atomic E-state index is 5.83. The van der Waals surface area contributed by atoms with Crippen LogP contribution in [-0.4, -0.2) is 14.8 Å². The number of nitrogens with one attached hydrogen (secondary N) is 1. The van der Waals surface area contributed by atoms with Crippen LogP contribution in [0.5, 0.6) is 0 Å². The quantitative estimate of drug-likeness (QED) is 0.853. The number of hydrogen-bond donors (Lipinski definition) is 2. The normalized spacial score (nSPS) is 12.6. The van der Waals surface area contributed by atoms with Crippen molar-refractivity contribution in [1.29, 1.82) is 0 Å². The fraction of sp³-hybridized carbons (Fsp3) is 0.400. The SMILES string of the molecule is CCC(Nc1nn(C)cc1N)c1nccs1. The molecule has 0 saturated heterocycles. The van der Waals surface area contributed by atoms with E-state index in [1.54, 1.807) is 22.2 Å². The fourth-order valence-electron chi connectivity index (χ4n) is 1.53. The van der Waals surface area contributed by atoms with Gasteiger partial charge in [-0.25, -0.2) is 4.98 Å². The molecule has 1 atom stereocenters. The van der Waals surface area contributed by atoms with E-state index in [1.807, 2.05) is 18.6 Å². The van der Waals surface area contributed by atoms with Crippen molar-refractivity contribution >= 4 is 22.8 Å². The van der Waals surface area contributed by atoms with E-state index in [9.17, 15) is 0 Å². The third kappa shape index (κ3) is 2.16. The van der Waals surface area contributed by atoms with E-state index in [2.05, 4.69) is 22.3 Å². The highest BCUT2D eigenvalue weighted by Gasteiger charge is 2.14. The van der Waals surface area contributed by atoms with E-state index in [0.29, 0.717) is 5.69 Å². The van der Waals surface area contributed by atoms with Gasteiger partial charge < -0.3 is 11.1 Å². The second-order valence-electron chi connectivity index (χ2n) is 3.58. The lowest BCUT2D eigenvalue weighted by Gasteiger charge is -2.13. The van der Waals surface area contributed by atoms with Gasteiger partial charge in [-0.15, -0.1) is 11.3 Å². The molecule has 16 heavy (non-hydrogen) atoms. The molecular formula is C10H15N5S. The van der Waals surface area contributed by atoms with Crippen molar-refractivity contribution in [3.8, 4) is 0 Å². The summed E-state index contributed by atoms with van der Waals surface area (Å²) in [5.41, 5.74) is 6.50. The van der Waals surface area contributed by atoms with Crippen molar-refractivity contribution in [2.75, 3.05) is 11.1 Å². The number of nitrogens with zero attached hydrogens (tertiary/aromatic N) is 3. The Morgan fingerprint density at radius 1 is 1.62 bits per heavy atom. The molecule has 0 aliphatic carbocycles. The summed E-state index contributed by atoms with van der Waals surface area (Å²) in [7, 11) is 1.85. The van der Waals surface area contributed by atoms with Crippen LogP contribution in [0.25, 0.3) is 0 Å². The van der Waals surface area contributed by atoms with Crippen LogP contribution in [-0.2, 0) is 7.05 Å². The molecule has 0 saturated carbocycles. The average molecular weight is 237 g/mol. The van der Waals surface area contributed by atoms with Crippen LogP contribution in [0, 0.1) is 0 Å². The molecule has 2 aromatic rings. The highest BCUT2D eigenvalue weighted by atomic mass is 32.1. The molecule has 2 aromatic heterocycles. The molecule has 0 aromatic carbocycles. The summed E-state index contributed by atoms with van der Waals surface area (Å²) in [4.78, 5) is 4.30. The lowest BCUT2D eigenvalue weighted by Crippen LogP contribution is -2.11. The molecule has 86 valence electrons. The summed E-state index contributed by atoms with van der Waals surface area (Å²) in [6.45, 7) is 2.11. The number of anilines is 2. The number of rotatable bonds is 4. The molecule has 2 heterocycles. The first-order chi connectivity index (χ1) is 7.70. The second-order valence-corrected chi connectivity index (χ2v) is 4.51. The maximum Gasteiger partial charge on any atom is 0.171 e. The summed E-state index contributed by atoms with van der Waals surface area (Å²) in [6.07, 6.45) is 4.55. The highest BCUT2D eigenvalue weighted by Crippen LogP contribution is 2.25. The van der Waals surface area contributed by atoms with Gasteiger partial charge in [-0.2, -0.15) is 5.10 Å². The summed E-state index contributed by atoms with van der Waals surface area (Å²) in [6, 6.07) is 0.178. The number of aryl methyl sites for hydroxylation is 1. The van der Waals surface area contributed by atoms with Crippen LogP contribution in [0.3, 0.4) is 0 Å². The van der Waals surface area contributed by atoms with Gasteiger partial charge in [0.05, 0.1) is 11.7 Å². The van der Waals surface area contributed by atoms with Crippen molar-refractivity contribution in [2.45, 2.75) is 19.4 Å². The zero-order valence-electron chi connectivity index (χ0n) is 9.34. The smallest absolute Gasteiger partial charge is 0.171 e. The van der Waals surface area contributed by atoms with Crippen molar-refractivity contribution < 1.29 is 0 Å². The van der Waals surface area contributed by atoms with Gasteiger partial charge in [0.2, 0.25) is 0 Å². The van der Waals surface area contributed by atoms with E-state index >= 15 is 0 Å².